The average Bonchev–Trinajstić information content (AvgIpc) is 3.15. The maximum absolute atomic E-state index is 2.38. The number of benzene rings is 3. The number of thiophene rings is 1. The van der Waals surface area contributed by atoms with Gasteiger partial charge in [0.15, 0.2) is 0 Å². The molecule has 0 bridgehead atoms. The summed E-state index contributed by atoms with van der Waals surface area (Å²) in [5.41, 5.74) is 3.14. The fourth-order valence-electron chi connectivity index (χ4n) is 4.20. The topological polar surface area (TPSA) is 0 Å². The van der Waals surface area contributed by atoms with Crippen molar-refractivity contribution >= 4 is 32.9 Å². The highest BCUT2D eigenvalue weighted by Gasteiger charge is 2.24. The van der Waals surface area contributed by atoms with Crippen LogP contribution >= 0.6 is 11.3 Å². The Kier molecular flexibility index (Phi) is 3.02. The van der Waals surface area contributed by atoms with Gasteiger partial charge in [-0.2, -0.15) is 0 Å². The average molecular weight is 314 g/mol. The second-order valence-corrected chi connectivity index (χ2v) is 7.46. The van der Waals surface area contributed by atoms with E-state index in [0.717, 1.165) is 0 Å². The zero-order valence-corrected chi connectivity index (χ0v) is 13.8. The van der Waals surface area contributed by atoms with Crippen molar-refractivity contribution in [2.24, 2.45) is 0 Å². The predicted molar refractivity (Wildman–Crippen MR) is 101 cm³/mol. The third-order valence-electron chi connectivity index (χ3n) is 5.23. The molecular formula is C22H18S. The van der Waals surface area contributed by atoms with Crippen molar-refractivity contribution in [3.8, 4) is 0 Å². The minimum Gasteiger partial charge on any atom is -0.148 e. The molecular weight excluding hydrogens is 296 g/mol. The lowest BCUT2D eigenvalue weighted by Gasteiger charge is -2.27. The lowest BCUT2D eigenvalue weighted by molar-refractivity contribution is 0.627. The van der Waals surface area contributed by atoms with Crippen LogP contribution in [0.5, 0.6) is 0 Å². The number of hydrogen-bond acceptors (Lipinski definition) is 1. The van der Waals surface area contributed by atoms with Crippen LogP contribution in [0.3, 0.4) is 0 Å². The van der Waals surface area contributed by atoms with Gasteiger partial charge in [-0.1, -0.05) is 54.6 Å². The molecule has 1 aromatic heterocycles. The molecule has 1 heteroatoms. The Morgan fingerprint density at radius 3 is 2.61 bits per heavy atom. The van der Waals surface area contributed by atoms with E-state index in [-0.39, 0.29) is 0 Å². The Hall–Kier alpha value is -2.12. The van der Waals surface area contributed by atoms with Crippen LogP contribution in [0, 0.1) is 0 Å². The maximum atomic E-state index is 2.38. The third kappa shape index (κ3) is 2.04. The molecule has 1 heterocycles. The molecule has 1 unspecified atom stereocenters. The Morgan fingerprint density at radius 1 is 0.783 bits per heavy atom. The minimum absolute atomic E-state index is 0.573. The van der Waals surface area contributed by atoms with Gasteiger partial charge in [0.2, 0.25) is 0 Å². The number of aryl methyl sites for hydroxylation is 1. The van der Waals surface area contributed by atoms with Gasteiger partial charge in [-0.05, 0) is 63.4 Å². The maximum Gasteiger partial charge on any atom is 0.0192 e. The molecule has 0 N–H and O–H groups in total. The first-order chi connectivity index (χ1) is 11.4. The predicted octanol–water partition coefficient (Wildman–Crippen LogP) is 6.52. The number of rotatable bonds is 1. The van der Waals surface area contributed by atoms with Crippen LogP contribution < -0.4 is 0 Å². The summed E-state index contributed by atoms with van der Waals surface area (Å²) in [6, 6.07) is 22.6. The van der Waals surface area contributed by atoms with Crippen LogP contribution in [0.2, 0.25) is 0 Å². The summed E-state index contributed by atoms with van der Waals surface area (Å²) in [5.74, 6) is 0.573. The van der Waals surface area contributed by atoms with Crippen molar-refractivity contribution in [3.05, 3.63) is 82.0 Å². The minimum atomic E-state index is 0.573. The molecule has 0 amide bonds. The highest BCUT2D eigenvalue weighted by atomic mass is 32.1. The fourth-order valence-corrected chi connectivity index (χ4v) is 5.07. The van der Waals surface area contributed by atoms with Crippen LogP contribution in [0.15, 0.2) is 66.0 Å². The van der Waals surface area contributed by atoms with E-state index in [2.05, 4.69) is 66.0 Å². The standard InChI is InChI=1S/C22H18S/c1-2-7-17-15(5-1)10-13-19-18(17)12-11-16-6-3-8-20(22(16)19)21-9-4-14-23-21/h1-2,4-5,7,9-14,20H,3,6,8H2. The Morgan fingerprint density at radius 2 is 1.70 bits per heavy atom. The summed E-state index contributed by atoms with van der Waals surface area (Å²) in [6.07, 6.45) is 3.80. The summed E-state index contributed by atoms with van der Waals surface area (Å²) in [4.78, 5) is 1.52. The van der Waals surface area contributed by atoms with Crippen LogP contribution in [0.1, 0.15) is 34.8 Å². The first-order valence-electron chi connectivity index (χ1n) is 8.38. The lowest BCUT2D eigenvalue weighted by atomic mass is 9.79. The molecule has 23 heavy (non-hydrogen) atoms. The van der Waals surface area contributed by atoms with E-state index in [1.807, 2.05) is 11.3 Å². The van der Waals surface area contributed by atoms with E-state index in [1.54, 1.807) is 11.1 Å². The highest BCUT2D eigenvalue weighted by Crippen LogP contribution is 2.43. The van der Waals surface area contributed by atoms with E-state index in [9.17, 15) is 0 Å². The van der Waals surface area contributed by atoms with Crippen molar-refractivity contribution in [1.29, 1.82) is 0 Å². The zero-order valence-electron chi connectivity index (χ0n) is 13.0. The van der Waals surface area contributed by atoms with E-state index in [0.29, 0.717) is 5.92 Å². The Bertz CT molecular complexity index is 995. The van der Waals surface area contributed by atoms with Gasteiger partial charge in [0.1, 0.15) is 0 Å². The van der Waals surface area contributed by atoms with Crippen molar-refractivity contribution in [2.75, 3.05) is 0 Å². The smallest absolute Gasteiger partial charge is 0.0192 e. The van der Waals surface area contributed by atoms with Crippen LogP contribution in [0.25, 0.3) is 21.5 Å². The number of fused-ring (bicyclic) bond motifs is 5. The molecule has 0 nitrogen and oxygen atoms in total. The summed E-state index contributed by atoms with van der Waals surface area (Å²) in [6.45, 7) is 0. The monoisotopic (exact) mass is 314 g/mol. The fraction of sp³-hybridized carbons (Fsp3) is 0.182. The van der Waals surface area contributed by atoms with Gasteiger partial charge in [-0.25, -0.2) is 0 Å². The molecule has 0 fully saturated rings. The molecule has 3 aromatic carbocycles. The molecule has 1 aliphatic carbocycles. The summed E-state index contributed by atoms with van der Waals surface area (Å²) >= 11 is 1.91. The molecule has 4 aromatic rings. The van der Waals surface area contributed by atoms with Gasteiger partial charge in [0.25, 0.3) is 0 Å². The van der Waals surface area contributed by atoms with Crippen molar-refractivity contribution in [1.82, 2.24) is 0 Å². The van der Waals surface area contributed by atoms with E-state index in [4.69, 9.17) is 0 Å². The summed E-state index contributed by atoms with van der Waals surface area (Å²) < 4.78 is 0. The van der Waals surface area contributed by atoms with Gasteiger partial charge in [-0.3, -0.25) is 0 Å². The Balaban J connectivity index is 1.86. The van der Waals surface area contributed by atoms with Crippen molar-refractivity contribution in [2.45, 2.75) is 25.2 Å². The summed E-state index contributed by atoms with van der Waals surface area (Å²) in [5, 5.41) is 7.79. The SMILES string of the molecule is c1csc(C2CCCc3ccc4c(ccc5ccccc54)c32)c1. The molecule has 1 aliphatic rings. The van der Waals surface area contributed by atoms with Gasteiger partial charge in [-0.15, -0.1) is 11.3 Å². The van der Waals surface area contributed by atoms with Crippen LogP contribution in [-0.2, 0) is 6.42 Å². The molecule has 0 aliphatic heterocycles. The van der Waals surface area contributed by atoms with Crippen molar-refractivity contribution < 1.29 is 0 Å². The van der Waals surface area contributed by atoms with Crippen LogP contribution in [-0.4, -0.2) is 0 Å². The molecule has 0 saturated heterocycles. The van der Waals surface area contributed by atoms with Gasteiger partial charge in [0.05, 0.1) is 0 Å². The van der Waals surface area contributed by atoms with E-state index < -0.39 is 0 Å². The molecule has 1 atom stereocenters. The van der Waals surface area contributed by atoms with Gasteiger partial charge < -0.3 is 0 Å². The normalized spacial score (nSPS) is 17.5. The quantitative estimate of drug-likeness (QED) is 0.351. The third-order valence-corrected chi connectivity index (χ3v) is 6.22. The Labute approximate surface area is 140 Å². The first kappa shape index (κ1) is 13.3. The highest BCUT2D eigenvalue weighted by molar-refractivity contribution is 7.10. The first-order valence-corrected chi connectivity index (χ1v) is 9.26. The van der Waals surface area contributed by atoms with E-state index in [1.165, 1.54) is 45.7 Å². The van der Waals surface area contributed by atoms with Crippen molar-refractivity contribution in [3.63, 3.8) is 0 Å². The molecule has 0 saturated carbocycles. The second kappa shape index (κ2) is 5.21. The molecule has 5 rings (SSSR count). The molecule has 112 valence electrons. The second-order valence-electron chi connectivity index (χ2n) is 6.48. The van der Waals surface area contributed by atoms with Gasteiger partial charge in [0, 0.05) is 10.8 Å². The largest absolute Gasteiger partial charge is 0.148 e. The van der Waals surface area contributed by atoms with E-state index >= 15 is 0 Å². The lowest BCUT2D eigenvalue weighted by Crippen LogP contribution is -2.10. The van der Waals surface area contributed by atoms with Gasteiger partial charge >= 0.3 is 0 Å². The summed E-state index contributed by atoms with van der Waals surface area (Å²) in [7, 11) is 0. The zero-order chi connectivity index (χ0) is 15.2. The molecule has 0 radical (unpaired) electrons. The molecule has 0 spiro atoms. The van der Waals surface area contributed by atoms with Crippen LogP contribution in [0.4, 0.5) is 0 Å². The number of hydrogen-bond donors (Lipinski definition) is 0.